The molecular formula is C25H35N. The van der Waals surface area contributed by atoms with E-state index in [-0.39, 0.29) is 5.41 Å². The molecule has 0 spiro atoms. The molecule has 0 atom stereocenters. The van der Waals surface area contributed by atoms with Crippen LogP contribution < -0.4 is 4.90 Å². The average molecular weight is 350 g/mol. The molecule has 0 heterocycles. The Bertz CT molecular complexity index is 690. The molecular weight excluding hydrogens is 314 g/mol. The second-order valence-corrected chi connectivity index (χ2v) is 7.66. The lowest BCUT2D eigenvalue weighted by Crippen LogP contribution is -2.20. The summed E-state index contributed by atoms with van der Waals surface area (Å²) >= 11 is 0. The predicted molar refractivity (Wildman–Crippen MR) is 116 cm³/mol. The van der Waals surface area contributed by atoms with Crippen molar-refractivity contribution < 1.29 is 0 Å². The van der Waals surface area contributed by atoms with E-state index in [0.717, 1.165) is 25.0 Å². The predicted octanol–water partition coefficient (Wildman–Crippen LogP) is 7.78. The normalized spacial score (nSPS) is 11.4. The standard InChI is InChI=1S/C25H35N/c1-7-10-11-21-12-16-23(17-13-21)26(20(4)5)24-18-14-22(15-19-24)25(6,8-2)9-3/h12-19H,4,7-11H2,1-3,5-6H3. The van der Waals surface area contributed by atoms with Gasteiger partial charge in [-0.15, -0.1) is 0 Å². The number of anilines is 2. The molecule has 0 aromatic heterocycles. The first-order valence-electron chi connectivity index (χ1n) is 10.1. The van der Waals surface area contributed by atoms with Gasteiger partial charge in [-0.05, 0) is 73.4 Å². The molecule has 2 rings (SSSR count). The van der Waals surface area contributed by atoms with Crippen molar-refractivity contribution in [3.63, 3.8) is 0 Å². The molecule has 2 aromatic rings. The molecule has 0 aliphatic heterocycles. The van der Waals surface area contributed by atoms with Gasteiger partial charge >= 0.3 is 0 Å². The van der Waals surface area contributed by atoms with Gasteiger partial charge in [-0.2, -0.15) is 0 Å². The van der Waals surface area contributed by atoms with E-state index in [4.69, 9.17) is 0 Å². The zero-order chi connectivity index (χ0) is 19.2. The van der Waals surface area contributed by atoms with E-state index in [1.165, 1.54) is 35.3 Å². The van der Waals surface area contributed by atoms with Gasteiger partial charge < -0.3 is 4.90 Å². The zero-order valence-electron chi connectivity index (χ0n) is 17.3. The summed E-state index contributed by atoms with van der Waals surface area (Å²) in [6, 6.07) is 18.0. The number of hydrogen-bond donors (Lipinski definition) is 0. The molecule has 0 amide bonds. The Labute approximate surface area is 160 Å². The Kier molecular flexibility index (Phi) is 7.08. The molecule has 1 heteroatoms. The molecule has 1 nitrogen and oxygen atoms in total. The van der Waals surface area contributed by atoms with Crippen molar-refractivity contribution in [2.24, 2.45) is 0 Å². The van der Waals surface area contributed by atoms with Gasteiger partial charge in [0.2, 0.25) is 0 Å². The third kappa shape index (κ3) is 4.58. The van der Waals surface area contributed by atoms with Crippen LogP contribution in [0.3, 0.4) is 0 Å². The highest BCUT2D eigenvalue weighted by molar-refractivity contribution is 5.68. The van der Waals surface area contributed by atoms with Gasteiger partial charge in [0.1, 0.15) is 0 Å². The molecule has 0 radical (unpaired) electrons. The van der Waals surface area contributed by atoms with Crippen molar-refractivity contribution in [1.29, 1.82) is 0 Å². The van der Waals surface area contributed by atoms with Gasteiger partial charge in [-0.25, -0.2) is 0 Å². The maximum atomic E-state index is 4.21. The molecule has 0 aliphatic rings. The number of benzene rings is 2. The van der Waals surface area contributed by atoms with Crippen LogP contribution in [0.2, 0.25) is 0 Å². The second kappa shape index (κ2) is 9.07. The van der Waals surface area contributed by atoms with Crippen molar-refractivity contribution >= 4 is 11.4 Å². The molecule has 0 bridgehead atoms. The molecule has 0 fully saturated rings. The lowest BCUT2D eigenvalue weighted by molar-refractivity contribution is 0.439. The molecule has 0 unspecified atom stereocenters. The van der Waals surface area contributed by atoms with Crippen molar-refractivity contribution in [1.82, 2.24) is 0 Å². The van der Waals surface area contributed by atoms with E-state index in [1.54, 1.807) is 0 Å². The van der Waals surface area contributed by atoms with Crippen LogP contribution in [0.5, 0.6) is 0 Å². The van der Waals surface area contributed by atoms with E-state index in [1.807, 2.05) is 0 Å². The van der Waals surface area contributed by atoms with E-state index in [9.17, 15) is 0 Å². The van der Waals surface area contributed by atoms with Crippen LogP contribution in [0.25, 0.3) is 0 Å². The fourth-order valence-electron chi connectivity index (χ4n) is 3.45. The minimum Gasteiger partial charge on any atom is -0.315 e. The number of allylic oxidation sites excluding steroid dienone is 1. The summed E-state index contributed by atoms with van der Waals surface area (Å²) in [4.78, 5) is 2.24. The van der Waals surface area contributed by atoms with Crippen molar-refractivity contribution in [2.45, 2.75) is 72.1 Å². The maximum absolute atomic E-state index is 4.21. The second-order valence-electron chi connectivity index (χ2n) is 7.66. The summed E-state index contributed by atoms with van der Waals surface area (Å²) in [5, 5.41) is 0. The SMILES string of the molecule is C=C(C)N(c1ccc(CCCC)cc1)c1ccc(C(C)(CC)CC)cc1. The fourth-order valence-corrected chi connectivity index (χ4v) is 3.45. The summed E-state index contributed by atoms with van der Waals surface area (Å²) in [6.45, 7) is 15.4. The van der Waals surface area contributed by atoms with Crippen LogP contribution in [0.15, 0.2) is 60.8 Å². The summed E-state index contributed by atoms with van der Waals surface area (Å²) < 4.78 is 0. The van der Waals surface area contributed by atoms with Gasteiger partial charge in [0.15, 0.2) is 0 Å². The first-order chi connectivity index (χ1) is 12.4. The van der Waals surface area contributed by atoms with Crippen LogP contribution >= 0.6 is 0 Å². The fraction of sp³-hybridized carbons (Fsp3) is 0.440. The van der Waals surface area contributed by atoms with Crippen LogP contribution in [-0.2, 0) is 11.8 Å². The summed E-state index contributed by atoms with van der Waals surface area (Å²) in [7, 11) is 0. The van der Waals surface area contributed by atoms with Crippen LogP contribution in [0, 0.1) is 0 Å². The van der Waals surface area contributed by atoms with E-state index >= 15 is 0 Å². The van der Waals surface area contributed by atoms with Crippen LogP contribution in [0.1, 0.15) is 71.4 Å². The average Bonchev–Trinajstić information content (AvgIpc) is 2.67. The Morgan fingerprint density at radius 3 is 1.81 bits per heavy atom. The largest absolute Gasteiger partial charge is 0.315 e. The van der Waals surface area contributed by atoms with Crippen molar-refractivity contribution in [3.05, 3.63) is 71.9 Å². The van der Waals surface area contributed by atoms with Crippen LogP contribution in [-0.4, -0.2) is 0 Å². The van der Waals surface area contributed by atoms with Crippen molar-refractivity contribution in [2.75, 3.05) is 4.90 Å². The highest BCUT2D eigenvalue weighted by atomic mass is 15.1. The smallest absolute Gasteiger partial charge is 0.0458 e. The van der Waals surface area contributed by atoms with E-state index in [0.29, 0.717) is 0 Å². The van der Waals surface area contributed by atoms with E-state index in [2.05, 4.69) is 94.6 Å². The third-order valence-electron chi connectivity index (χ3n) is 5.78. The van der Waals surface area contributed by atoms with Gasteiger partial charge in [0, 0.05) is 17.1 Å². The summed E-state index contributed by atoms with van der Waals surface area (Å²) in [6.07, 6.45) is 5.96. The van der Waals surface area contributed by atoms with Gasteiger partial charge in [0.05, 0.1) is 0 Å². The third-order valence-corrected chi connectivity index (χ3v) is 5.78. The highest BCUT2D eigenvalue weighted by Crippen LogP contribution is 2.34. The van der Waals surface area contributed by atoms with Crippen molar-refractivity contribution in [3.8, 4) is 0 Å². The highest BCUT2D eigenvalue weighted by Gasteiger charge is 2.22. The zero-order valence-corrected chi connectivity index (χ0v) is 17.3. The molecule has 0 aliphatic carbocycles. The molecule has 0 N–H and O–H groups in total. The van der Waals surface area contributed by atoms with Crippen LogP contribution in [0.4, 0.5) is 11.4 Å². The lowest BCUT2D eigenvalue weighted by Gasteiger charge is -2.29. The maximum Gasteiger partial charge on any atom is 0.0458 e. The monoisotopic (exact) mass is 349 g/mol. The molecule has 0 saturated carbocycles. The minimum absolute atomic E-state index is 0.257. The Morgan fingerprint density at radius 2 is 1.38 bits per heavy atom. The Hall–Kier alpha value is -2.02. The number of aryl methyl sites for hydroxylation is 1. The summed E-state index contributed by atoms with van der Waals surface area (Å²) in [5.74, 6) is 0. The Balaban J connectivity index is 2.28. The quantitative estimate of drug-likeness (QED) is 0.447. The van der Waals surface area contributed by atoms with Gasteiger partial charge in [0.25, 0.3) is 0 Å². The molecule has 0 saturated heterocycles. The lowest BCUT2D eigenvalue weighted by atomic mass is 9.78. The number of nitrogens with zero attached hydrogens (tertiary/aromatic N) is 1. The number of rotatable bonds is 9. The van der Waals surface area contributed by atoms with Gasteiger partial charge in [-0.3, -0.25) is 0 Å². The van der Waals surface area contributed by atoms with Gasteiger partial charge in [-0.1, -0.05) is 65.0 Å². The molecule has 2 aromatic carbocycles. The molecule has 26 heavy (non-hydrogen) atoms. The topological polar surface area (TPSA) is 3.24 Å². The Morgan fingerprint density at radius 1 is 0.885 bits per heavy atom. The summed E-state index contributed by atoms with van der Waals surface area (Å²) in [5.41, 5.74) is 6.48. The first kappa shape index (κ1) is 20.3. The minimum atomic E-state index is 0.257. The number of unbranched alkanes of at least 4 members (excludes halogenated alkanes) is 1. The number of hydrogen-bond acceptors (Lipinski definition) is 1. The van der Waals surface area contributed by atoms with E-state index < -0.39 is 0 Å². The molecule has 140 valence electrons. The first-order valence-corrected chi connectivity index (χ1v) is 10.1.